The number of anilines is 1. The number of amides is 2. The molecule has 0 fully saturated rings. The van der Waals surface area contributed by atoms with Gasteiger partial charge in [-0.15, -0.1) is 0 Å². The minimum Gasteiger partial charge on any atom is -0.502 e. The molecule has 0 atom stereocenters. The molecule has 1 heterocycles. The van der Waals surface area contributed by atoms with Crippen molar-refractivity contribution in [1.29, 1.82) is 0 Å². The van der Waals surface area contributed by atoms with Gasteiger partial charge in [-0.25, -0.2) is 4.90 Å². The number of carbonyl (C=O) groups is 2. The lowest BCUT2D eigenvalue weighted by atomic mass is 9.91. The molecule has 148 valence electrons. The summed E-state index contributed by atoms with van der Waals surface area (Å²) in [6.07, 6.45) is 1.49. The summed E-state index contributed by atoms with van der Waals surface area (Å²) in [5.74, 6) is -1.43. The molecule has 4 rings (SSSR count). The van der Waals surface area contributed by atoms with Crippen molar-refractivity contribution in [2.75, 3.05) is 4.90 Å². The van der Waals surface area contributed by atoms with Crippen LogP contribution in [0.5, 0.6) is 5.75 Å². The number of nitro benzene ring substituents is 1. The van der Waals surface area contributed by atoms with Gasteiger partial charge in [0.05, 0.1) is 10.6 Å². The highest BCUT2D eigenvalue weighted by Gasteiger charge is 2.35. The highest BCUT2D eigenvalue weighted by Crippen LogP contribution is 2.35. The number of fused-ring (bicyclic) bond motifs is 1. The number of nitrogens with zero attached hydrogens (tertiary/aromatic N) is 2. The first-order chi connectivity index (χ1) is 14.4. The van der Waals surface area contributed by atoms with Crippen molar-refractivity contribution in [1.82, 2.24) is 0 Å². The van der Waals surface area contributed by atoms with E-state index in [-0.39, 0.29) is 5.57 Å². The number of phenols is 1. The lowest BCUT2D eigenvalue weighted by molar-refractivity contribution is -0.385. The maximum absolute atomic E-state index is 13.4. The first-order valence-corrected chi connectivity index (χ1v) is 9.11. The lowest BCUT2D eigenvalue weighted by Gasteiger charge is -2.29. The third kappa shape index (κ3) is 3.22. The molecule has 7 nitrogen and oxygen atoms in total. The number of aromatic hydroxyl groups is 1. The molecule has 1 aliphatic rings. The van der Waals surface area contributed by atoms with E-state index >= 15 is 0 Å². The Bertz CT molecular complexity index is 1250. The zero-order valence-electron chi connectivity index (χ0n) is 15.9. The van der Waals surface area contributed by atoms with Crippen molar-refractivity contribution < 1.29 is 19.6 Å². The number of hydrogen-bond acceptors (Lipinski definition) is 5. The number of phenolic OH excluding ortho intramolecular Hbond substituents is 1. The fourth-order valence-corrected chi connectivity index (χ4v) is 3.44. The van der Waals surface area contributed by atoms with Crippen LogP contribution in [-0.4, -0.2) is 21.8 Å². The molecule has 3 aromatic rings. The van der Waals surface area contributed by atoms with E-state index in [9.17, 15) is 24.8 Å². The number of aryl methyl sites for hydroxylation is 1. The molecule has 0 unspecified atom stereocenters. The minimum absolute atomic E-state index is 0.228. The van der Waals surface area contributed by atoms with Gasteiger partial charge < -0.3 is 5.11 Å². The Morgan fingerprint density at radius 2 is 1.67 bits per heavy atom. The van der Waals surface area contributed by atoms with Crippen molar-refractivity contribution in [3.8, 4) is 5.75 Å². The monoisotopic (exact) mass is 400 g/mol. The van der Waals surface area contributed by atoms with Gasteiger partial charge in [-0.2, -0.15) is 0 Å². The lowest BCUT2D eigenvalue weighted by Crippen LogP contribution is -2.41. The van der Waals surface area contributed by atoms with E-state index < -0.39 is 28.2 Å². The number of carbonyl (C=O) groups excluding carboxylic acids is 2. The summed E-state index contributed by atoms with van der Waals surface area (Å²) in [6, 6.07) is 17.6. The summed E-state index contributed by atoms with van der Waals surface area (Å²) in [7, 11) is 0. The summed E-state index contributed by atoms with van der Waals surface area (Å²) in [5, 5.41) is 20.8. The molecule has 1 aliphatic heterocycles. The van der Waals surface area contributed by atoms with Gasteiger partial charge >= 0.3 is 5.69 Å². The molecule has 7 heteroatoms. The van der Waals surface area contributed by atoms with E-state index in [1.54, 1.807) is 42.5 Å². The van der Waals surface area contributed by atoms with Crippen molar-refractivity contribution >= 4 is 34.8 Å². The van der Waals surface area contributed by atoms with Crippen molar-refractivity contribution in [3.05, 3.63) is 99.1 Å². The van der Waals surface area contributed by atoms with Crippen molar-refractivity contribution in [2.45, 2.75) is 6.92 Å². The van der Waals surface area contributed by atoms with E-state index in [1.807, 2.05) is 13.0 Å². The third-order valence-corrected chi connectivity index (χ3v) is 4.85. The Hall–Kier alpha value is -4.26. The van der Waals surface area contributed by atoms with Crippen LogP contribution >= 0.6 is 0 Å². The average Bonchev–Trinajstić information content (AvgIpc) is 2.72. The number of nitro groups is 1. The first kappa shape index (κ1) is 19.1. The molecule has 0 saturated carbocycles. The highest BCUT2D eigenvalue weighted by atomic mass is 16.6. The molecule has 0 saturated heterocycles. The molecule has 0 spiro atoms. The van der Waals surface area contributed by atoms with E-state index in [0.717, 1.165) is 10.5 Å². The second-order valence-electron chi connectivity index (χ2n) is 6.89. The first-order valence-electron chi connectivity index (χ1n) is 9.11. The summed E-state index contributed by atoms with van der Waals surface area (Å²) in [4.78, 5) is 38.0. The van der Waals surface area contributed by atoms with Crippen LogP contribution in [-0.2, 0) is 4.79 Å². The van der Waals surface area contributed by atoms with Gasteiger partial charge in [0.2, 0.25) is 0 Å². The van der Waals surface area contributed by atoms with Crippen LogP contribution in [0.1, 0.15) is 27.0 Å². The molecule has 2 amide bonds. The zero-order chi connectivity index (χ0) is 21.4. The van der Waals surface area contributed by atoms with Crippen LogP contribution in [0.15, 0.2) is 66.7 Å². The van der Waals surface area contributed by atoms with Gasteiger partial charge in [-0.05, 0) is 54.0 Å². The van der Waals surface area contributed by atoms with Gasteiger partial charge in [0.15, 0.2) is 5.75 Å². The second kappa shape index (κ2) is 7.29. The van der Waals surface area contributed by atoms with E-state index in [0.29, 0.717) is 22.4 Å². The molecular formula is C23H16N2O5. The van der Waals surface area contributed by atoms with Gasteiger partial charge in [0.25, 0.3) is 11.8 Å². The Morgan fingerprint density at radius 1 is 0.933 bits per heavy atom. The van der Waals surface area contributed by atoms with Crippen molar-refractivity contribution in [2.24, 2.45) is 0 Å². The van der Waals surface area contributed by atoms with Crippen LogP contribution in [0.2, 0.25) is 0 Å². The number of imide groups is 1. The molecule has 3 aromatic carbocycles. The van der Waals surface area contributed by atoms with Crippen LogP contribution in [0.25, 0.3) is 11.6 Å². The van der Waals surface area contributed by atoms with Gasteiger partial charge in [-0.1, -0.05) is 36.4 Å². The Morgan fingerprint density at radius 3 is 2.37 bits per heavy atom. The topological polar surface area (TPSA) is 101 Å². The molecule has 0 radical (unpaired) electrons. The molecular weight excluding hydrogens is 384 g/mol. The molecule has 1 N–H and O–H groups in total. The van der Waals surface area contributed by atoms with Crippen LogP contribution in [0, 0.1) is 17.0 Å². The van der Waals surface area contributed by atoms with Crippen LogP contribution in [0.3, 0.4) is 0 Å². The Balaban J connectivity index is 1.90. The quantitative estimate of drug-likeness (QED) is 0.305. The minimum atomic E-state index is -0.698. The summed E-state index contributed by atoms with van der Waals surface area (Å²) in [6.45, 7) is 1.86. The summed E-state index contributed by atoms with van der Waals surface area (Å²) in [5.41, 5.74) is 2.27. The predicted octanol–water partition coefficient (Wildman–Crippen LogP) is 4.34. The molecule has 30 heavy (non-hydrogen) atoms. The number of benzene rings is 3. The fourth-order valence-electron chi connectivity index (χ4n) is 3.44. The molecule has 0 bridgehead atoms. The van der Waals surface area contributed by atoms with Gasteiger partial charge in [-0.3, -0.25) is 19.7 Å². The van der Waals surface area contributed by atoms with Crippen LogP contribution in [0.4, 0.5) is 11.4 Å². The zero-order valence-corrected chi connectivity index (χ0v) is 15.9. The van der Waals surface area contributed by atoms with Crippen LogP contribution < -0.4 is 4.90 Å². The standard InChI is InChI=1S/C23H16N2O5/c1-14-5-4-6-16(11-14)24-22(27)18-8-3-2-7-17(18)19(23(24)28)12-15-9-10-21(26)20(13-15)25(29)30/h2-13,26H,1H3/b19-12-. The normalized spacial score (nSPS) is 14.7. The smallest absolute Gasteiger partial charge is 0.311 e. The third-order valence-electron chi connectivity index (χ3n) is 4.85. The second-order valence-corrected chi connectivity index (χ2v) is 6.89. The van der Waals surface area contributed by atoms with Gasteiger partial charge in [0, 0.05) is 17.2 Å². The Kier molecular flexibility index (Phi) is 4.63. The van der Waals surface area contributed by atoms with Gasteiger partial charge in [0.1, 0.15) is 0 Å². The predicted molar refractivity (Wildman–Crippen MR) is 112 cm³/mol. The molecule has 0 aromatic heterocycles. The highest BCUT2D eigenvalue weighted by molar-refractivity contribution is 6.43. The van der Waals surface area contributed by atoms with Crippen molar-refractivity contribution in [3.63, 3.8) is 0 Å². The summed E-state index contributed by atoms with van der Waals surface area (Å²) >= 11 is 0. The summed E-state index contributed by atoms with van der Waals surface area (Å²) < 4.78 is 0. The maximum atomic E-state index is 13.4. The Labute approximate surface area is 171 Å². The fraction of sp³-hybridized carbons (Fsp3) is 0.0435. The number of hydrogen-bond donors (Lipinski definition) is 1. The maximum Gasteiger partial charge on any atom is 0.311 e. The number of rotatable bonds is 3. The van der Waals surface area contributed by atoms with E-state index in [4.69, 9.17) is 0 Å². The SMILES string of the molecule is Cc1cccc(N2C(=O)/C(=C\c3ccc(O)c([N+](=O)[O-])c3)c3ccccc3C2=O)c1. The van der Waals surface area contributed by atoms with E-state index in [1.165, 1.54) is 24.3 Å². The largest absolute Gasteiger partial charge is 0.502 e. The van der Waals surface area contributed by atoms with E-state index in [2.05, 4.69) is 0 Å². The average molecular weight is 400 g/mol. The molecule has 0 aliphatic carbocycles.